The molecular formula is C72H89BrCl6K2N6O14. The summed E-state index contributed by atoms with van der Waals surface area (Å²) in [4.78, 5) is 46.5. The Morgan fingerprint density at radius 3 is 1.26 bits per heavy atom. The van der Waals surface area contributed by atoms with E-state index in [1.807, 2.05) is 48.3 Å². The third kappa shape index (κ3) is 32.5. The second-order valence-electron chi connectivity index (χ2n) is 19.3. The number of esters is 2. The third-order valence-electron chi connectivity index (χ3n) is 13.1. The first-order valence-corrected chi connectivity index (χ1v) is 32.2. The normalized spacial score (nSPS) is 12.0. The molecular weight excluding hydrogens is 1540 g/mol. The van der Waals surface area contributed by atoms with Gasteiger partial charge in [0.1, 0.15) is 22.1 Å². The van der Waals surface area contributed by atoms with Gasteiger partial charge in [-0.1, -0.05) is 159 Å². The van der Waals surface area contributed by atoms with E-state index in [9.17, 15) is 24.6 Å². The minimum Gasteiger partial charge on any atom is -1.00 e. The van der Waals surface area contributed by atoms with Crippen molar-refractivity contribution in [2.75, 3.05) is 26.9 Å². The van der Waals surface area contributed by atoms with Gasteiger partial charge in [0.2, 0.25) is 12.2 Å². The summed E-state index contributed by atoms with van der Waals surface area (Å²) in [6, 6.07) is 41.4. The molecule has 0 amide bonds. The maximum atomic E-state index is 12.6. The predicted octanol–water partition coefficient (Wildman–Crippen LogP) is 13.4. The molecule has 0 aliphatic carbocycles. The molecule has 4 unspecified atom stereocenters. The Hall–Kier alpha value is -4.40. The molecule has 9 aromatic rings. The SMILES string of the molecule is C.C.C.C.C.CCOC(=O)C(Br)c1ccc(Cl)cc1.CCOC(=O)C(Oc1ccc(Cl)cc1-c1ccnn1CC)c1ccc(Cl)cc1.CCn1nccc1-c1cc(Cl)ccc1O.CCn1nccc1-c1cc(Cl)ccc1OC(C(=O)O)c1ccc(Cl)cc1.COC1CCCO1.O=CO[O-].[H-].[K+].[K+]. The summed E-state index contributed by atoms with van der Waals surface area (Å²) in [7, 11) is 1.68. The average Bonchev–Trinajstić information content (AvgIpc) is 1.45. The number of aryl methyl sites for hydroxylation is 3. The minimum absolute atomic E-state index is 0. The van der Waals surface area contributed by atoms with Gasteiger partial charge in [0, 0.05) is 116 Å². The molecule has 0 spiro atoms. The maximum absolute atomic E-state index is 12.6. The molecule has 1 saturated heterocycles. The van der Waals surface area contributed by atoms with Crippen LogP contribution in [0.3, 0.4) is 0 Å². The summed E-state index contributed by atoms with van der Waals surface area (Å²) < 4.78 is 37.5. The van der Waals surface area contributed by atoms with E-state index >= 15 is 0 Å². The van der Waals surface area contributed by atoms with E-state index < -0.39 is 29.0 Å². The molecule has 29 heteroatoms. The number of aromatic nitrogens is 6. The third-order valence-corrected chi connectivity index (χ3v) is 15.5. The molecule has 1 aliphatic rings. The fraction of sp³-hybridized carbons (Fsp3) is 0.319. The molecule has 0 bridgehead atoms. The van der Waals surface area contributed by atoms with Crippen LogP contribution in [-0.4, -0.2) is 97.2 Å². The molecule has 6 aromatic carbocycles. The Balaban J connectivity index is -0.000000598. The van der Waals surface area contributed by atoms with Crippen LogP contribution >= 0.6 is 85.5 Å². The number of carboxylic acids is 1. The van der Waals surface area contributed by atoms with Crippen LogP contribution in [-0.2, 0) is 62.6 Å². The molecule has 0 radical (unpaired) electrons. The van der Waals surface area contributed by atoms with E-state index in [0.717, 1.165) is 54.2 Å². The van der Waals surface area contributed by atoms with Gasteiger partial charge in [-0.3, -0.25) is 23.6 Å². The quantitative estimate of drug-likeness (QED) is 0.0180. The van der Waals surface area contributed by atoms with Gasteiger partial charge in [0.15, 0.2) is 6.29 Å². The second-order valence-corrected chi connectivity index (χ2v) is 22.8. The van der Waals surface area contributed by atoms with Crippen LogP contribution in [0.5, 0.6) is 17.2 Å². The number of benzene rings is 6. The number of rotatable bonds is 20. The molecule has 0 saturated carbocycles. The number of ether oxygens (including phenoxy) is 6. The number of hydrogen-bond acceptors (Lipinski definition) is 16. The number of hydrogen-bond donors (Lipinski definition) is 2. The van der Waals surface area contributed by atoms with E-state index in [0.29, 0.717) is 83.6 Å². The second kappa shape index (κ2) is 54.2. The van der Waals surface area contributed by atoms with Gasteiger partial charge in [-0.2, -0.15) is 15.3 Å². The Labute approximate surface area is 718 Å². The molecule has 2 N–H and O–H groups in total. The van der Waals surface area contributed by atoms with Gasteiger partial charge in [-0.15, -0.1) is 0 Å². The summed E-state index contributed by atoms with van der Waals surface area (Å²) in [5.74, 6) is -0.726. The number of carbonyl (C=O) groups excluding carboxylic acids is 3. The van der Waals surface area contributed by atoms with Crippen molar-refractivity contribution < 1.29 is 172 Å². The Kier molecular flexibility index (Phi) is 54.1. The Bertz CT molecular complexity index is 3820. The van der Waals surface area contributed by atoms with Gasteiger partial charge in [-0.05, 0) is 156 Å². The zero-order chi connectivity index (χ0) is 68.7. The van der Waals surface area contributed by atoms with Crippen molar-refractivity contribution >= 4 is 110 Å². The van der Waals surface area contributed by atoms with E-state index in [1.54, 1.807) is 172 Å². The number of halogens is 7. The molecule has 20 nitrogen and oxygen atoms in total. The van der Waals surface area contributed by atoms with Crippen LogP contribution in [0.4, 0.5) is 0 Å². The largest absolute Gasteiger partial charge is 1.00 e. The van der Waals surface area contributed by atoms with Crippen molar-refractivity contribution in [2.45, 2.75) is 128 Å². The van der Waals surface area contributed by atoms with Crippen LogP contribution in [0.1, 0.15) is 120 Å². The topological polar surface area (TPSA) is 250 Å². The number of methoxy groups -OCH3 is 1. The van der Waals surface area contributed by atoms with Gasteiger partial charge >= 0.3 is 121 Å². The van der Waals surface area contributed by atoms with E-state index in [1.165, 1.54) is 0 Å². The van der Waals surface area contributed by atoms with Crippen LogP contribution < -0.4 is 118 Å². The minimum atomic E-state index is -1.18. The molecule has 10 rings (SSSR count). The number of aromatic hydroxyl groups is 1. The number of phenolic OH excluding ortho intramolecular Hbond substituents is 1. The molecule has 3 aromatic heterocycles. The summed E-state index contributed by atoms with van der Waals surface area (Å²) in [5.41, 5.74) is 6.63. The van der Waals surface area contributed by atoms with E-state index in [-0.39, 0.29) is 172 Å². The maximum Gasteiger partial charge on any atom is 1.00 e. The first-order chi connectivity index (χ1) is 45.2. The van der Waals surface area contributed by atoms with Crippen LogP contribution in [0, 0.1) is 0 Å². The zero-order valence-corrected chi connectivity index (χ0v) is 66.1. The van der Waals surface area contributed by atoms with Crippen molar-refractivity contribution in [1.29, 1.82) is 0 Å². The molecule has 1 fully saturated rings. The molecule has 4 atom stereocenters. The van der Waals surface area contributed by atoms with Crippen LogP contribution in [0.2, 0.25) is 30.1 Å². The summed E-state index contributed by atoms with van der Waals surface area (Å²) in [5, 5.41) is 43.9. The van der Waals surface area contributed by atoms with E-state index in [2.05, 4.69) is 36.1 Å². The van der Waals surface area contributed by atoms with Crippen LogP contribution in [0.25, 0.3) is 33.8 Å². The molecule has 542 valence electrons. The fourth-order valence-electron chi connectivity index (χ4n) is 8.74. The van der Waals surface area contributed by atoms with Gasteiger partial charge in [0.05, 0.1) is 30.3 Å². The molecule has 4 heterocycles. The molecule has 101 heavy (non-hydrogen) atoms. The standard InChI is InChI=1S/C21H20Cl2N2O3.C19H16Cl2N2O3.C11H11ClN2O.C10H10BrClO2.C5H10O2.CH2O3.5CH4.2K.H/c1-3-25-18(11-12-24-25)17-13-16(23)9-10-19(17)28-20(21(26)27-4-2)14-5-7-15(22)8-6-14;1-2-23-16(9-10-22-23)15-11-14(21)7-8-17(15)26-18(19(24)25)12-3-5-13(20)6-4-12;1-2-14-10(5-6-13-14)9-7-8(12)3-4-11(9)15;1-2-14-10(13)9(11)7-3-5-8(12)6-4-7;1-6-5-3-2-4-7-5;2-1-4-3;;;;;;;;/h5-13,20H,3-4H2,1-2H3;3-11,18H,2H2,1H3,(H,24,25);3-7,15H,2H2,1H3;3-6,9H,2H2,1H3;5H,2-4H2,1H3;1,3H;5*1H4;;;/q;;;;;;;;;;;2*+1;-1/p-1. The van der Waals surface area contributed by atoms with Crippen molar-refractivity contribution in [2.24, 2.45) is 0 Å². The first-order valence-electron chi connectivity index (χ1n) is 29.0. The number of carboxylic acid groups (broad SMARTS) is 1. The average molecular weight is 1630 g/mol. The zero-order valence-electron chi connectivity index (χ0n) is 54.8. The van der Waals surface area contributed by atoms with Gasteiger partial charge in [-0.25, -0.2) is 9.59 Å². The van der Waals surface area contributed by atoms with Crippen molar-refractivity contribution in [1.82, 2.24) is 29.3 Å². The van der Waals surface area contributed by atoms with E-state index in [4.69, 9.17) is 108 Å². The fourth-order valence-corrected chi connectivity index (χ4v) is 10.1. The summed E-state index contributed by atoms with van der Waals surface area (Å²) >= 11 is 39.1. The summed E-state index contributed by atoms with van der Waals surface area (Å²) in [6.45, 7) is 12.9. The number of aliphatic carboxylic acids is 1. The number of nitrogens with zero attached hydrogens (tertiary/aromatic N) is 6. The van der Waals surface area contributed by atoms with Gasteiger partial charge in [0.25, 0.3) is 6.47 Å². The summed E-state index contributed by atoms with van der Waals surface area (Å²) in [6.07, 6.45) is 5.30. The smallest absolute Gasteiger partial charge is 1.00 e. The number of alkyl halides is 1. The predicted molar refractivity (Wildman–Crippen MR) is 398 cm³/mol. The number of phenols is 1. The molecule has 1 aliphatic heterocycles. The monoisotopic (exact) mass is 1630 g/mol. The van der Waals surface area contributed by atoms with Crippen molar-refractivity contribution in [3.8, 4) is 51.0 Å². The van der Waals surface area contributed by atoms with Crippen LogP contribution in [0.15, 0.2) is 164 Å². The van der Waals surface area contributed by atoms with Crippen molar-refractivity contribution in [3.63, 3.8) is 0 Å². The van der Waals surface area contributed by atoms with Gasteiger partial charge < -0.3 is 50.2 Å². The number of carbonyl (C=O) groups is 4. The first kappa shape index (κ1) is 101. The van der Waals surface area contributed by atoms with Crippen molar-refractivity contribution in [3.05, 3.63) is 211 Å². The Morgan fingerprint density at radius 1 is 0.564 bits per heavy atom. The Morgan fingerprint density at radius 2 is 0.911 bits per heavy atom.